The summed E-state index contributed by atoms with van der Waals surface area (Å²) in [4.78, 5) is 4.65. The minimum absolute atomic E-state index is 0.508. The Hall–Kier alpha value is -0.490. The lowest BCUT2D eigenvalue weighted by Crippen LogP contribution is -2.03. The van der Waals surface area contributed by atoms with E-state index in [0.29, 0.717) is 22.3 Å². The van der Waals surface area contributed by atoms with Gasteiger partial charge in [0.2, 0.25) is 0 Å². The summed E-state index contributed by atoms with van der Waals surface area (Å²) in [7, 11) is 0. The molecule has 2 aromatic carbocycles. The van der Waals surface area contributed by atoms with Crippen molar-refractivity contribution in [2.24, 2.45) is 0 Å². The Bertz CT molecular complexity index is 814. The van der Waals surface area contributed by atoms with Crippen molar-refractivity contribution in [3.63, 3.8) is 0 Å². The summed E-state index contributed by atoms with van der Waals surface area (Å²) in [5.74, 6) is 1.41. The van der Waals surface area contributed by atoms with Crippen molar-refractivity contribution in [1.29, 1.82) is 0 Å². The monoisotopic (exact) mass is 450 g/mol. The molecule has 0 amide bonds. The second kappa shape index (κ2) is 6.32. The summed E-state index contributed by atoms with van der Waals surface area (Å²) in [5.41, 5.74) is 2.83. The molecule has 21 heavy (non-hydrogen) atoms. The zero-order valence-electron chi connectivity index (χ0n) is 10.8. The number of alkyl halides is 1. The third-order valence-corrected chi connectivity index (χ3v) is 5.00. The van der Waals surface area contributed by atoms with Gasteiger partial charge in [-0.2, -0.15) is 0 Å². The van der Waals surface area contributed by atoms with Gasteiger partial charge in [-0.15, -0.1) is 11.6 Å². The summed E-state index contributed by atoms with van der Waals surface area (Å²) in [6, 6.07) is 11.8. The van der Waals surface area contributed by atoms with E-state index < -0.39 is 0 Å². The first-order valence-corrected chi connectivity index (χ1v) is 8.66. The quantitative estimate of drug-likeness (QED) is 0.368. The number of halogens is 4. The molecule has 3 rings (SSSR count). The predicted molar refractivity (Wildman–Crippen MR) is 98.2 cm³/mol. The molecule has 0 unspecified atom stereocenters. The molecule has 1 aromatic heterocycles. The molecule has 0 aliphatic carbocycles. The minimum Gasteiger partial charge on any atom is -0.295 e. The molecule has 0 spiro atoms. The van der Waals surface area contributed by atoms with Crippen molar-refractivity contribution in [3.05, 3.63) is 55.8 Å². The summed E-state index contributed by atoms with van der Waals surface area (Å²) in [6.45, 7) is 0. The number of benzene rings is 2. The molecule has 0 saturated carbocycles. The first-order chi connectivity index (χ1) is 10.1. The molecule has 108 valence electrons. The van der Waals surface area contributed by atoms with E-state index in [0.717, 1.165) is 26.1 Å². The Kier molecular flexibility index (Phi) is 4.64. The third-order valence-electron chi connectivity index (χ3n) is 3.18. The third kappa shape index (κ3) is 2.89. The molecule has 0 fully saturated rings. The van der Waals surface area contributed by atoms with E-state index in [1.54, 1.807) is 6.07 Å². The van der Waals surface area contributed by atoms with Crippen LogP contribution in [0.4, 0.5) is 0 Å². The molecule has 1 heterocycles. The van der Waals surface area contributed by atoms with Crippen molar-refractivity contribution >= 4 is 68.4 Å². The molecular formula is C15H10Cl3IN2. The van der Waals surface area contributed by atoms with E-state index in [1.807, 2.05) is 18.2 Å². The van der Waals surface area contributed by atoms with Crippen LogP contribution in [0.2, 0.25) is 10.0 Å². The highest BCUT2D eigenvalue weighted by Gasteiger charge is 2.15. The molecule has 0 N–H and O–H groups in total. The van der Waals surface area contributed by atoms with Crippen LogP contribution in [-0.4, -0.2) is 15.4 Å². The zero-order valence-corrected chi connectivity index (χ0v) is 15.2. The largest absolute Gasteiger partial charge is 0.295 e. The Morgan fingerprint density at radius 2 is 1.81 bits per heavy atom. The molecule has 0 bridgehead atoms. The van der Waals surface area contributed by atoms with Gasteiger partial charge in [-0.25, -0.2) is 4.98 Å². The lowest BCUT2D eigenvalue weighted by molar-refractivity contribution is 0.909. The zero-order chi connectivity index (χ0) is 15.0. The van der Waals surface area contributed by atoms with Crippen molar-refractivity contribution < 1.29 is 0 Å². The van der Waals surface area contributed by atoms with Gasteiger partial charge >= 0.3 is 0 Å². The average molecular weight is 452 g/mol. The minimum atomic E-state index is 0.508. The van der Waals surface area contributed by atoms with Gasteiger partial charge in [0.25, 0.3) is 0 Å². The Morgan fingerprint density at radius 1 is 1.10 bits per heavy atom. The Balaban J connectivity index is 2.35. The van der Waals surface area contributed by atoms with Crippen LogP contribution >= 0.6 is 57.4 Å². The van der Waals surface area contributed by atoms with E-state index in [9.17, 15) is 0 Å². The average Bonchev–Trinajstić information content (AvgIpc) is 2.78. The maximum absolute atomic E-state index is 6.17. The molecule has 0 atom stereocenters. The SMILES string of the molecule is ClCCc1nc2cc(Cl)c(Cl)cc2n1-c1ccccc1I. The van der Waals surface area contributed by atoms with Gasteiger partial charge in [0, 0.05) is 15.9 Å². The first-order valence-electron chi connectivity index (χ1n) is 6.29. The van der Waals surface area contributed by atoms with Gasteiger partial charge in [-0.1, -0.05) is 35.3 Å². The fourth-order valence-corrected chi connectivity index (χ4v) is 3.39. The smallest absolute Gasteiger partial charge is 0.115 e. The van der Waals surface area contributed by atoms with Gasteiger partial charge in [0.1, 0.15) is 5.82 Å². The number of hydrogen-bond acceptors (Lipinski definition) is 1. The van der Waals surface area contributed by atoms with Crippen LogP contribution in [-0.2, 0) is 6.42 Å². The molecule has 0 aliphatic heterocycles. The maximum Gasteiger partial charge on any atom is 0.115 e. The molecule has 0 radical (unpaired) electrons. The van der Waals surface area contributed by atoms with Crippen molar-refractivity contribution in [3.8, 4) is 5.69 Å². The van der Waals surface area contributed by atoms with Crippen LogP contribution in [0.1, 0.15) is 5.82 Å². The summed E-state index contributed by atoms with van der Waals surface area (Å²) < 4.78 is 3.23. The van der Waals surface area contributed by atoms with Crippen molar-refractivity contribution in [2.75, 3.05) is 5.88 Å². The topological polar surface area (TPSA) is 17.8 Å². The van der Waals surface area contributed by atoms with Crippen molar-refractivity contribution in [1.82, 2.24) is 9.55 Å². The van der Waals surface area contributed by atoms with Gasteiger partial charge < -0.3 is 0 Å². The van der Waals surface area contributed by atoms with E-state index >= 15 is 0 Å². The fraction of sp³-hybridized carbons (Fsp3) is 0.133. The number of rotatable bonds is 3. The Morgan fingerprint density at radius 3 is 2.52 bits per heavy atom. The van der Waals surface area contributed by atoms with Crippen LogP contribution < -0.4 is 0 Å². The first kappa shape index (κ1) is 15.4. The number of aromatic nitrogens is 2. The number of aryl methyl sites for hydroxylation is 1. The van der Waals surface area contributed by atoms with Crippen LogP contribution in [0.15, 0.2) is 36.4 Å². The predicted octanol–water partition coefficient (Wildman–Crippen LogP) is 5.72. The number of fused-ring (bicyclic) bond motifs is 1. The van der Waals surface area contributed by atoms with Crippen LogP contribution in [0.3, 0.4) is 0 Å². The molecule has 6 heteroatoms. The number of hydrogen-bond donors (Lipinski definition) is 0. The Labute approximate surface area is 151 Å². The van der Waals surface area contributed by atoms with Crippen LogP contribution in [0, 0.1) is 3.57 Å². The number of imidazole rings is 1. The summed E-state index contributed by atoms with van der Waals surface area (Å²) >= 11 is 20.5. The lowest BCUT2D eigenvalue weighted by Gasteiger charge is -2.11. The fourth-order valence-electron chi connectivity index (χ4n) is 2.28. The van der Waals surface area contributed by atoms with E-state index in [1.165, 1.54) is 0 Å². The molecule has 0 aliphatic rings. The standard InChI is InChI=1S/C15H10Cl3IN2/c16-6-5-15-20-12-7-9(17)10(18)8-14(12)21(15)13-4-2-1-3-11(13)19/h1-4,7-8H,5-6H2. The molecular weight excluding hydrogens is 441 g/mol. The van der Waals surface area contributed by atoms with Crippen LogP contribution in [0.5, 0.6) is 0 Å². The highest BCUT2D eigenvalue weighted by molar-refractivity contribution is 14.1. The second-order valence-corrected chi connectivity index (χ2v) is 6.86. The van der Waals surface area contributed by atoms with Crippen molar-refractivity contribution in [2.45, 2.75) is 6.42 Å². The highest BCUT2D eigenvalue weighted by atomic mass is 127. The highest BCUT2D eigenvalue weighted by Crippen LogP contribution is 2.31. The second-order valence-electron chi connectivity index (χ2n) is 4.51. The van der Waals surface area contributed by atoms with Gasteiger partial charge in [0.05, 0.1) is 26.8 Å². The number of nitrogens with zero attached hydrogens (tertiary/aromatic N) is 2. The van der Waals surface area contributed by atoms with Gasteiger partial charge in [-0.3, -0.25) is 4.57 Å². The van der Waals surface area contributed by atoms with Crippen LogP contribution in [0.25, 0.3) is 16.7 Å². The van der Waals surface area contributed by atoms with Gasteiger partial charge in [-0.05, 0) is 46.9 Å². The lowest BCUT2D eigenvalue weighted by atomic mass is 10.2. The summed E-state index contributed by atoms with van der Waals surface area (Å²) in [5, 5.41) is 1.03. The van der Waals surface area contributed by atoms with Gasteiger partial charge in [0.15, 0.2) is 0 Å². The molecule has 2 nitrogen and oxygen atoms in total. The molecule has 3 aromatic rings. The van der Waals surface area contributed by atoms with E-state index in [2.05, 4.69) is 44.3 Å². The normalized spacial score (nSPS) is 11.2. The number of para-hydroxylation sites is 1. The van der Waals surface area contributed by atoms with E-state index in [4.69, 9.17) is 34.8 Å². The maximum atomic E-state index is 6.17. The summed E-state index contributed by atoms with van der Waals surface area (Å²) in [6.07, 6.45) is 0.677. The van der Waals surface area contributed by atoms with E-state index in [-0.39, 0.29) is 0 Å². The molecule has 0 saturated heterocycles.